The average Bonchev–Trinajstić information content (AvgIpc) is 3.55. The van der Waals surface area contributed by atoms with Crippen molar-refractivity contribution in [1.29, 1.82) is 0 Å². The number of benzene rings is 7. The van der Waals surface area contributed by atoms with Crippen LogP contribution in [-0.4, -0.2) is 9.97 Å². The van der Waals surface area contributed by atoms with Gasteiger partial charge in [-0.05, 0) is 56.6 Å². The number of furan rings is 1. The molecule has 0 aliphatic carbocycles. The van der Waals surface area contributed by atoms with Gasteiger partial charge in [0.05, 0.1) is 11.4 Å². The molecular weight excluding hydrogens is 548 g/mol. The van der Waals surface area contributed by atoms with Gasteiger partial charge in [0.2, 0.25) is 0 Å². The van der Waals surface area contributed by atoms with Crippen LogP contribution in [0.4, 0.5) is 0 Å². The van der Waals surface area contributed by atoms with Crippen LogP contribution in [0.1, 0.15) is 0 Å². The molecule has 9 aromatic rings. The third-order valence-electron chi connectivity index (χ3n) is 8.66. The first kappa shape index (κ1) is 25.4. The Kier molecular flexibility index (Phi) is 5.82. The third kappa shape index (κ3) is 4.29. The van der Waals surface area contributed by atoms with Crippen molar-refractivity contribution in [3.8, 4) is 45.2 Å². The molecule has 0 bridgehead atoms. The third-order valence-corrected chi connectivity index (χ3v) is 8.66. The van der Waals surface area contributed by atoms with Gasteiger partial charge >= 0.3 is 0 Å². The van der Waals surface area contributed by atoms with Crippen molar-refractivity contribution in [2.45, 2.75) is 0 Å². The normalized spacial score (nSPS) is 11.6. The molecule has 0 unspecified atom stereocenters. The van der Waals surface area contributed by atoms with Gasteiger partial charge in [-0.15, -0.1) is 0 Å². The summed E-state index contributed by atoms with van der Waals surface area (Å²) < 4.78 is 6.37. The Morgan fingerprint density at radius 1 is 0.422 bits per heavy atom. The molecule has 0 amide bonds. The van der Waals surface area contributed by atoms with Crippen LogP contribution in [0.3, 0.4) is 0 Å². The van der Waals surface area contributed by atoms with Crippen molar-refractivity contribution in [3.63, 3.8) is 0 Å². The van der Waals surface area contributed by atoms with Crippen LogP contribution in [-0.2, 0) is 0 Å². The fourth-order valence-electron chi connectivity index (χ4n) is 6.57. The van der Waals surface area contributed by atoms with Gasteiger partial charge in [0.15, 0.2) is 5.82 Å². The lowest BCUT2D eigenvalue weighted by Gasteiger charge is -2.16. The van der Waals surface area contributed by atoms with E-state index in [-0.39, 0.29) is 0 Å². The monoisotopic (exact) mass is 574 g/mol. The Labute approximate surface area is 260 Å². The van der Waals surface area contributed by atoms with Crippen LogP contribution >= 0.6 is 0 Å². The summed E-state index contributed by atoms with van der Waals surface area (Å²) in [4.78, 5) is 10.5. The second kappa shape index (κ2) is 10.3. The molecular formula is C42H26N2O. The summed E-state index contributed by atoms with van der Waals surface area (Å²) in [6.45, 7) is 0. The summed E-state index contributed by atoms with van der Waals surface area (Å²) >= 11 is 0. The molecule has 0 fully saturated rings. The van der Waals surface area contributed by atoms with Crippen LogP contribution in [0, 0.1) is 0 Å². The Balaban J connectivity index is 1.38. The predicted molar refractivity (Wildman–Crippen MR) is 186 cm³/mol. The molecule has 2 heterocycles. The zero-order valence-corrected chi connectivity index (χ0v) is 24.3. The van der Waals surface area contributed by atoms with E-state index in [1.54, 1.807) is 0 Å². The second-order valence-corrected chi connectivity index (χ2v) is 11.4. The summed E-state index contributed by atoms with van der Waals surface area (Å²) in [5, 5.41) is 8.21. The number of aromatic nitrogens is 2. The molecule has 0 saturated heterocycles. The molecule has 210 valence electrons. The van der Waals surface area contributed by atoms with E-state index in [1.165, 1.54) is 26.9 Å². The van der Waals surface area contributed by atoms with E-state index in [1.807, 2.05) is 36.4 Å². The molecule has 0 spiro atoms. The highest BCUT2D eigenvalue weighted by molar-refractivity contribution is 6.21. The number of fused-ring (bicyclic) bond motifs is 5. The van der Waals surface area contributed by atoms with E-state index >= 15 is 0 Å². The highest BCUT2D eigenvalue weighted by atomic mass is 16.3. The van der Waals surface area contributed by atoms with Gasteiger partial charge in [-0.25, -0.2) is 9.97 Å². The SMILES string of the molecule is c1ccc(-c2nc(-c3ccccc3-c3cc4ccccc4o3)cc(-c3c4ccccc4cc4ccc5ccccc5c34)n2)cc1. The molecule has 0 N–H and O–H groups in total. The molecule has 9 rings (SSSR count). The largest absolute Gasteiger partial charge is 0.456 e. The summed E-state index contributed by atoms with van der Waals surface area (Å²) in [6, 6.07) is 54.9. The highest BCUT2D eigenvalue weighted by Gasteiger charge is 2.19. The molecule has 0 radical (unpaired) electrons. The van der Waals surface area contributed by atoms with E-state index in [4.69, 9.17) is 14.4 Å². The van der Waals surface area contributed by atoms with E-state index in [9.17, 15) is 0 Å². The standard InChI is InChI=1S/C42H26N2O/c1-2-13-28(14-3-1)42-43-36(34-19-9-10-20-35(34)39-25-30-16-6-11-21-38(30)45-39)26-37(44-42)41-33-18-8-5-15-29(33)24-31-23-22-27-12-4-7-17-32(27)40(31)41/h1-26H. The van der Waals surface area contributed by atoms with Gasteiger partial charge in [-0.2, -0.15) is 0 Å². The van der Waals surface area contributed by atoms with Gasteiger partial charge in [-0.1, -0.05) is 133 Å². The van der Waals surface area contributed by atoms with E-state index in [2.05, 4.69) is 121 Å². The average molecular weight is 575 g/mol. The van der Waals surface area contributed by atoms with E-state index < -0.39 is 0 Å². The summed E-state index contributed by atoms with van der Waals surface area (Å²) in [5.74, 6) is 1.50. The smallest absolute Gasteiger partial charge is 0.160 e. The van der Waals surface area contributed by atoms with E-state index in [0.717, 1.165) is 55.8 Å². The second-order valence-electron chi connectivity index (χ2n) is 11.4. The molecule has 0 saturated carbocycles. The number of nitrogens with zero attached hydrogens (tertiary/aromatic N) is 2. The summed E-state index contributed by atoms with van der Waals surface area (Å²) in [6.07, 6.45) is 0. The molecule has 0 atom stereocenters. The number of para-hydroxylation sites is 1. The van der Waals surface area contributed by atoms with Crippen molar-refractivity contribution >= 4 is 43.3 Å². The first-order valence-electron chi connectivity index (χ1n) is 15.2. The Bertz CT molecular complexity index is 2510. The minimum Gasteiger partial charge on any atom is -0.456 e. The molecule has 3 nitrogen and oxygen atoms in total. The Hall–Kier alpha value is -6.06. The van der Waals surface area contributed by atoms with E-state index in [0.29, 0.717) is 5.82 Å². The zero-order chi connectivity index (χ0) is 29.7. The van der Waals surface area contributed by atoms with Gasteiger partial charge in [-0.3, -0.25) is 0 Å². The maximum absolute atomic E-state index is 6.37. The van der Waals surface area contributed by atoms with Gasteiger partial charge < -0.3 is 4.42 Å². The van der Waals surface area contributed by atoms with Crippen molar-refractivity contribution in [2.24, 2.45) is 0 Å². The molecule has 7 aromatic carbocycles. The minimum absolute atomic E-state index is 0.684. The molecule has 0 aliphatic rings. The lowest BCUT2D eigenvalue weighted by molar-refractivity contribution is 0.632. The van der Waals surface area contributed by atoms with Crippen molar-refractivity contribution in [1.82, 2.24) is 9.97 Å². The van der Waals surface area contributed by atoms with Gasteiger partial charge in [0.25, 0.3) is 0 Å². The van der Waals surface area contributed by atoms with Crippen LogP contribution in [0.15, 0.2) is 162 Å². The minimum atomic E-state index is 0.684. The van der Waals surface area contributed by atoms with Crippen molar-refractivity contribution in [3.05, 3.63) is 158 Å². The molecule has 0 aliphatic heterocycles. The summed E-state index contributed by atoms with van der Waals surface area (Å²) in [7, 11) is 0. The van der Waals surface area contributed by atoms with Crippen LogP contribution in [0.25, 0.3) is 88.5 Å². The van der Waals surface area contributed by atoms with Crippen LogP contribution < -0.4 is 0 Å². The summed E-state index contributed by atoms with van der Waals surface area (Å²) in [5.41, 5.74) is 6.66. The molecule has 2 aromatic heterocycles. The first-order chi connectivity index (χ1) is 22.3. The van der Waals surface area contributed by atoms with Crippen molar-refractivity contribution in [2.75, 3.05) is 0 Å². The number of rotatable bonds is 4. The number of hydrogen-bond donors (Lipinski definition) is 0. The lowest BCUT2D eigenvalue weighted by atomic mass is 9.90. The fourth-order valence-corrected chi connectivity index (χ4v) is 6.57. The van der Waals surface area contributed by atoms with Crippen molar-refractivity contribution < 1.29 is 4.42 Å². The molecule has 45 heavy (non-hydrogen) atoms. The highest BCUT2D eigenvalue weighted by Crippen LogP contribution is 2.42. The predicted octanol–water partition coefficient (Wildman–Crippen LogP) is 11.4. The first-order valence-corrected chi connectivity index (χ1v) is 15.2. The maximum Gasteiger partial charge on any atom is 0.160 e. The lowest BCUT2D eigenvalue weighted by Crippen LogP contribution is -1.98. The van der Waals surface area contributed by atoms with Gasteiger partial charge in [0.1, 0.15) is 11.3 Å². The quantitative estimate of drug-likeness (QED) is 0.155. The zero-order valence-electron chi connectivity index (χ0n) is 24.3. The number of hydrogen-bond acceptors (Lipinski definition) is 3. The molecule has 3 heteroatoms. The Morgan fingerprint density at radius 3 is 1.91 bits per heavy atom. The van der Waals surface area contributed by atoms with Crippen LogP contribution in [0.5, 0.6) is 0 Å². The van der Waals surface area contributed by atoms with Gasteiger partial charge in [0, 0.05) is 27.6 Å². The van der Waals surface area contributed by atoms with Crippen LogP contribution in [0.2, 0.25) is 0 Å². The topological polar surface area (TPSA) is 38.9 Å². The maximum atomic E-state index is 6.37. The fraction of sp³-hybridized carbons (Fsp3) is 0. The Morgan fingerprint density at radius 2 is 1.07 bits per heavy atom.